The molecule has 1 saturated carbocycles. The van der Waals surface area contributed by atoms with Gasteiger partial charge in [-0.3, -0.25) is 9.80 Å². The molecule has 120 valence electrons. The molecule has 4 fully saturated rings. The highest BCUT2D eigenvalue weighted by atomic mass is 15.3. The number of likely N-dealkylation sites (tertiary alicyclic amines) is 2. The largest absolute Gasteiger partial charge is 0.312 e. The quantitative estimate of drug-likeness (QED) is 0.782. The fourth-order valence-corrected chi connectivity index (χ4v) is 4.89. The van der Waals surface area contributed by atoms with E-state index in [1.807, 2.05) is 0 Å². The number of nitrogens with one attached hydrogen (secondary N) is 2. The second-order valence-electron chi connectivity index (χ2n) is 8.37. The highest BCUT2D eigenvalue weighted by Crippen LogP contribution is 2.45. The van der Waals surface area contributed by atoms with E-state index in [4.69, 9.17) is 0 Å². The molecule has 4 nitrogen and oxygen atoms in total. The minimum atomic E-state index is 0.454. The van der Waals surface area contributed by atoms with Gasteiger partial charge < -0.3 is 10.6 Å². The van der Waals surface area contributed by atoms with Crippen LogP contribution in [0.1, 0.15) is 33.6 Å². The third-order valence-corrected chi connectivity index (χ3v) is 6.88. The van der Waals surface area contributed by atoms with Gasteiger partial charge in [0.25, 0.3) is 0 Å². The van der Waals surface area contributed by atoms with Crippen LogP contribution < -0.4 is 10.6 Å². The third kappa shape index (κ3) is 2.35. The van der Waals surface area contributed by atoms with E-state index in [0.29, 0.717) is 17.6 Å². The molecule has 4 aliphatic rings. The Morgan fingerprint density at radius 2 is 2.05 bits per heavy atom. The maximum atomic E-state index is 4.00. The second-order valence-corrected chi connectivity index (χ2v) is 8.37. The van der Waals surface area contributed by atoms with Gasteiger partial charge in [0.15, 0.2) is 0 Å². The fraction of sp³-hybridized carbons (Fsp3) is 1.00. The van der Waals surface area contributed by atoms with Crippen molar-refractivity contribution in [3.63, 3.8) is 0 Å². The number of hydrogen-bond acceptors (Lipinski definition) is 4. The minimum absolute atomic E-state index is 0.454. The topological polar surface area (TPSA) is 30.5 Å². The number of hydrogen-bond donors (Lipinski definition) is 2. The van der Waals surface area contributed by atoms with E-state index < -0.39 is 0 Å². The highest BCUT2D eigenvalue weighted by Gasteiger charge is 2.53. The van der Waals surface area contributed by atoms with Crippen LogP contribution in [0, 0.1) is 11.8 Å². The Morgan fingerprint density at radius 1 is 1.19 bits per heavy atom. The molecule has 0 bridgehead atoms. The molecule has 0 spiro atoms. The van der Waals surface area contributed by atoms with Crippen molar-refractivity contribution in [2.24, 2.45) is 11.8 Å². The van der Waals surface area contributed by atoms with E-state index in [9.17, 15) is 0 Å². The molecular formula is C17H32N4. The standard InChI is InChI=1S/C17H32N4/c1-12(2)21-9-15-4-5-17(15,11-21)19-6-13(3)20-8-14-7-18-16(14)10-20/h12-16,18-19H,4-11H2,1-3H3. The van der Waals surface area contributed by atoms with Crippen molar-refractivity contribution < 1.29 is 0 Å². The molecule has 3 aliphatic heterocycles. The summed E-state index contributed by atoms with van der Waals surface area (Å²) < 4.78 is 0. The van der Waals surface area contributed by atoms with Gasteiger partial charge in [0, 0.05) is 68.9 Å². The zero-order valence-corrected chi connectivity index (χ0v) is 13.9. The van der Waals surface area contributed by atoms with Gasteiger partial charge in [-0.05, 0) is 39.5 Å². The van der Waals surface area contributed by atoms with Gasteiger partial charge in [0.05, 0.1) is 0 Å². The van der Waals surface area contributed by atoms with Crippen LogP contribution >= 0.6 is 0 Å². The summed E-state index contributed by atoms with van der Waals surface area (Å²) in [6.45, 7) is 14.7. The van der Waals surface area contributed by atoms with Crippen LogP contribution in [0.5, 0.6) is 0 Å². The Bertz CT molecular complexity index is 386. The molecule has 3 saturated heterocycles. The van der Waals surface area contributed by atoms with Crippen LogP contribution in [0.15, 0.2) is 0 Å². The van der Waals surface area contributed by atoms with Crippen LogP contribution in [0.3, 0.4) is 0 Å². The van der Waals surface area contributed by atoms with Crippen LogP contribution in [0.2, 0.25) is 0 Å². The molecule has 3 heterocycles. The summed E-state index contributed by atoms with van der Waals surface area (Å²) in [5, 5.41) is 7.57. The molecule has 0 amide bonds. The molecule has 21 heavy (non-hydrogen) atoms. The first-order valence-electron chi connectivity index (χ1n) is 9.04. The molecular weight excluding hydrogens is 260 g/mol. The molecule has 5 atom stereocenters. The average molecular weight is 292 g/mol. The Morgan fingerprint density at radius 3 is 2.57 bits per heavy atom. The van der Waals surface area contributed by atoms with Crippen LogP contribution in [-0.4, -0.2) is 72.7 Å². The van der Waals surface area contributed by atoms with Crippen molar-refractivity contribution in [3.8, 4) is 0 Å². The Balaban J connectivity index is 1.30. The smallest absolute Gasteiger partial charge is 0.0350 e. The normalized spacial score (nSPS) is 44.3. The van der Waals surface area contributed by atoms with Gasteiger partial charge in [0.1, 0.15) is 0 Å². The maximum absolute atomic E-state index is 4.00. The lowest BCUT2D eigenvalue weighted by atomic mass is 9.69. The minimum Gasteiger partial charge on any atom is -0.312 e. The molecule has 4 heteroatoms. The SMILES string of the molecule is CC(C)N1CC2CCC2(NCC(C)N2CC3CNC3C2)C1. The van der Waals surface area contributed by atoms with Gasteiger partial charge in [0.2, 0.25) is 0 Å². The first-order chi connectivity index (χ1) is 10.1. The molecule has 0 aromatic rings. The van der Waals surface area contributed by atoms with Crippen molar-refractivity contribution in [2.75, 3.05) is 39.3 Å². The molecule has 4 rings (SSSR count). The predicted octanol–water partition coefficient (Wildman–Crippen LogP) is 0.741. The molecule has 0 radical (unpaired) electrons. The summed E-state index contributed by atoms with van der Waals surface area (Å²) >= 11 is 0. The summed E-state index contributed by atoms with van der Waals surface area (Å²) in [6, 6.07) is 2.18. The van der Waals surface area contributed by atoms with Gasteiger partial charge in [-0.1, -0.05) is 0 Å². The second kappa shape index (κ2) is 5.19. The molecule has 0 aromatic heterocycles. The lowest BCUT2D eigenvalue weighted by Gasteiger charge is -2.46. The van der Waals surface area contributed by atoms with Gasteiger partial charge >= 0.3 is 0 Å². The monoisotopic (exact) mass is 292 g/mol. The zero-order chi connectivity index (χ0) is 14.6. The van der Waals surface area contributed by atoms with Crippen LogP contribution in [-0.2, 0) is 0 Å². The summed E-state index contributed by atoms with van der Waals surface area (Å²) in [7, 11) is 0. The lowest BCUT2D eigenvalue weighted by molar-refractivity contribution is 0.118. The van der Waals surface area contributed by atoms with E-state index in [-0.39, 0.29) is 0 Å². The molecule has 5 unspecified atom stereocenters. The summed E-state index contributed by atoms with van der Waals surface area (Å²) in [5.74, 6) is 1.84. The van der Waals surface area contributed by atoms with Crippen molar-refractivity contribution >= 4 is 0 Å². The number of nitrogens with zero attached hydrogens (tertiary/aromatic N) is 2. The van der Waals surface area contributed by atoms with E-state index in [1.165, 1.54) is 52.1 Å². The average Bonchev–Trinajstić information content (AvgIpc) is 2.84. The van der Waals surface area contributed by atoms with Crippen LogP contribution in [0.25, 0.3) is 0 Å². The Hall–Kier alpha value is -0.160. The van der Waals surface area contributed by atoms with Crippen molar-refractivity contribution in [3.05, 3.63) is 0 Å². The first-order valence-corrected chi connectivity index (χ1v) is 9.04. The number of fused-ring (bicyclic) bond motifs is 2. The highest BCUT2D eigenvalue weighted by molar-refractivity contribution is 5.11. The predicted molar refractivity (Wildman–Crippen MR) is 86.5 cm³/mol. The van der Waals surface area contributed by atoms with E-state index >= 15 is 0 Å². The summed E-state index contributed by atoms with van der Waals surface area (Å²) in [5.41, 5.74) is 0.454. The van der Waals surface area contributed by atoms with E-state index in [0.717, 1.165) is 17.9 Å². The third-order valence-electron chi connectivity index (χ3n) is 6.88. The molecule has 2 N–H and O–H groups in total. The Kier molecular flexibility index (Phi) is 3.57. The van der Waals surface area contributed by atoms with Crippen molar-refractivity contribution in [1.82, 2.24) is 20.4 Å². The van der Waals surface area contributed by atoms with E-state index in [2.05, 4.69) is 41.2 Å². The fourth-order valence-electron chi connectivity index (χ4n) is 4.89. The van der Waals surface area contributed by atoms with Gasteiger partial charge in [-0.15, -0.1) is 0 Å². The van der Waals surface area contributed by atoms with Crippen molar-refractivity contribution in [1.29, 1.82) is 0 Å². The van der Waals surface area contributed by atoms with Crippen molar-refractivity contribution in [2.45, 2.75) is 57.3 Å². The van der Waals surface area contributed by atoms with Gasteiger partial charge in [-0.25, -0.2) is 0 Å². The number of rotatable bonds is 5. The summed E-state index contributed by atoms with van der Waals surface area (Å²) in [4.78, 5) is 5.37. The van der Waals surface area contributed by atoms with Gasteiger partial charge in [-0.2, -0.15) is 0 Å². The first kappa shape index (κ1) is 14.4. The lowest BCUT2D eigenvalue weighted by Crippen LogP contribution is -2.60. The molecule has 1 aliphatic carbocycles. The maximum Gasteiger partial charge on any atom is 0.0350 e. The van der Waals surface area contributed by atoms with E-state index in [1.54, 1.807) is 0 Å². The summed E-state index contributed by atoms with van der Waals surface area (Å²) in [6.07, 6.45) is 2.82. The zero-order valence-electron chi connectivity index (χ0n) is 13.9. The Labute approximate surface area is 129 Å². The van der Waals surface area contributed by atoms with Crippen LogP contribution in [0.4, 0.5) is 0 Å². The molecule has 0 aromatic carbocycles.